The van der Waals surface area contributed by atoms with Crippen LogP contribution in [0.15, 0.2) is 72.5 Å². The zero-order valence-electron chi connectivity index (χ0n) is 17.5. The Morgan fingerprint density at radius 3 is 2.68 bits per heavy atom. The number of ether oxygens (including phenoxy) is 1. The van der Waals surface area contributed by atoms with E-state index < -0.39 is 16.8 Å². The van der Waals surface area contributed by atoms with Gasteiger partial charge in [-0.05, 0) is 25.0 Å². The summed E-state index contributed by atoms with van der Waals surface area (Å²) in [6.07, 6.45) is 1.60. The van der Waals surface area contributed by atoms with Crippen molar-refractivity contribution in [3.8, 4) is 0 Å². The number of non-ortho nitro benzene ring substituents is 1. The van der Waals surface area contributed by atoms with Gasteiger partial charge < -0.3 is 9.64 Å². The molecule has 0 radical (unpaired) electrons. The first-order chi connectivity index (χ1) is 14.8. The molecule has 0 bridgehead atoms. The standard InChI is InChI=1S/C24H24N2O5/c1-4-11-31-24(28)23-17(3)25(15-18-8-6-10-20(13-18)26(29)30)22(27)14-21(23)19-9-5-7-16(2)12-19/h4-10,12-13,21H,1,11,14-15H2,2-3H3. The van der Waals surface area contributed by atoms with Gasteiger partial charge >= 0.3 is 5.97 Å². The topological polar surface area (TPSA) is 89.8 Å². The molecule has 0 aliphatic carbocycles. The highest BCUT2D eigenvalue weighted by Crippen LogP contribution is 2.38. The molecule has 0 saturated carbocycles. The summed E-state index contributed by atoms with van der Waals surface area (Å²) in [4.78, 5) is 38.1. The SMILES string of the molecule is C=CCOC(=O)C1=C(C)N(Cc2cccc([N+](=O)[O-])c2)C(=O)CC1c1cccc(C)c1. The van der Waals surface area contributed by atoms with E-state index in [9.17, 15) is 19.7 Å². The van der Waals surface area contributed by atoms with Crippen LogP contribution in [0, 0.1) is 17.0 Å². The van der Waals surface area contributed by atoms with Crippen LogP contribution in [0.3, 0.4) is 0 Å². The van der Waals surface area contributed by atoms with Crippen molar-refractivity contribution in [2.24, 2.45) is 0 Å². The lowest BCUT2D eigenvalue weighted by Gasteiger charge is -2.34. The van der Waals surface area contributed by atoms with E-state index >= 15 is 0 Å². The molecule has 1 atom stereocenters. The minimum atomic E-state index is -0.500. The highest BCUT2D eigenvalue weighted by Gasteiger charge is 2.37. The van der Waals surface area contributed by atoms with Gasteiger partial charge in [-0.1, -0.05) is 54.6 Å². The van der Waals surface area contributed by atoms with Gasteiger partial charge in [0.1, 0.15) is 6.61 Å². The van der Waals surface area contributed by atoms with E-state index in [1.807, 2.05) is 31.2 Å². The predicted molar refractivity (Wildman–Crippen MR) is 116 cm³/mol. The first-order valence-corrected chi connectivity index (χ1v) is 9.91. The minimum Gasteiger partial charge on any atom is -0.458 e. The van der Waals surface area contributed by atoms with Crippen molar-refractivity contribution in [2.45, 2.75) is 32.7 Å². The van der Waals surface area contributed by atoms with E-state index in [4.69, 9.17) is 4.74 Å². The number of allylic oxidation sites excluding steroid dienone is 1. The van der Waals surface area contributed by atoms with Gasteiger partial charge in [-0.2, -0.15) is 0 Å². The maximum atomic E-state index is 13.1. The van der Waals surface area contributed by atoms with Gasteiger partial charge in [0.25, 0.3) is 5.69 Å². The number of carbonyl (C=O) groups excluding carboxylic acids is 2. The van der Waals surface area contributed by atoms with E-state index in [1.165, 1.54) is 23.1 Å². The van der Waals surface area contributed by atoms with Gasteiger partial charge in [0.2, 0.25) is 5.91 Å². The molecule has 1 aliphatic rings. The van der Waals surface area contributed by atoms with Gasteiger partial charge in [-0.25, -0.2) is 4.79 Å². The van der Waals surface area contributed by atoms with Crippen LogP contribution in [-0.4, -0.2) is 28.3 Å². The van der Waals surface area contributed by atoms with Crippen LogP contribution in [0.25, 0.3) is 0 Å². The number of benzene rings is 2. The van der Waals surface area contributed by atoms with Crippen molar-refractivity contribution in [1.82, 2.24) is 4.90 Å². The molecule has 31 heavy (non-hydrogen) atoms. The quantitative estimate of drug-likeness (QED) is 0.286. The molecular formula is C24H24N2O5. The molecule has 0 saturated heterocycles. The number of esters is 1. The first kappa shape index (κ1) is 22.0. The van der Waals surface area contributed by atoms with Crippen molar-refractivity contribution in [3.63, 3.8) is 0 Å². The Balaban J connectivity index is 2.03. The molecule has 0 fully saturated rings. The van der Waals surface area contributed by atoms with Gasteiger partial charge in [-0.15, -0.1) is 0 Å². The molecule has 1 aliphatic heterocycles. The molecule has 2 aromatic rings. The van der Waals surface area contributed by atoms with E-state index in [1.54, 1.807) is 19.1 Å². The number of nitrogens with zero attached hydrogens (tertiary/aromatic N) is 2. The van der Waals surface area contributed by atoms with E-state index in [-0.39, 0.29) is 31.2 Å². The van der Waals surface area contributed by atoms with Crippen LogP contribution >= 0.6 is 0 Å². The molecule has 0 spiro atoms. The maximum Gasteiger partial charge on any atom is 0.336 e. The molecule has 1 amide bonds. The number of nitro groups is 1. The molecule has 0 N–H and O–H groups in total. The molecular weight excluding hydrogens is 396 g/mol. The minimum absolute atomic E-state index is 0.0492. The van der Waals surface area contributed by atoms with Gasteiger partial charge in [0, 0.05) is 30.2 Å². The van der Waals surface area contributed by atoms with Gasteiger partial charge in [-0.3, -0.25) is 14.9 Å². The maximum absolute atomic E-state index is 13.1. The summed E-state index contributed by atoms with van der Waals surface area (Å²) in [5.74, 6) is -1.08. The van der Waals surface area contributed by atoms with Crippen molar-refractivity contribution >= 4 is 17.6 Å². The highest BCUT2D eigenvalue weighted by atomic mass is 16.6. The number of rotatable bonds is 7. The fourth-order valence-electron chi connectivity index (χ4n) is 3.80. The zero-order valence-corrected chi connectivity index (χ0v) is 17.5. The average Bonchev–Trinajstić information content (AvgIpc) is 2.74. The predicted octanol–water partition coefficient (Wildman–Crippen LogP) is 4.42. The van der Waals surface area contributed by atoms with E-state index in [0.29, 0.717) is 16.8 Å². The second-order valence-corrected chi connectivity index (χ2v) is 7.46. The summed E-state index contributed by atoms with van der Waals surface area (Å²) in [5.41, 5.74) is 3.36. The lowest BCUT2D eigenvalue weighted by atomic mass is 9.83. The molecule has 1 heterocycles. The Hall–Kier alpha value is -3.74. The average molecular weight is 420 g/mol. The van der Waals surface area contributed by atoms with E-state index in [2.05, 4.69) is 6.58 Å². The highest BCUT2D eigenvalue weighted by molar-refractivity contribution is 5.96. The molecule has 0 aromatic heterocycles. The molecule has 160 valence electrons. The summed E-state index contributed by atoms with van der Waals surface area (Å²) in [7, 11) is 0. The fourth-order valence-corrected chi connectivity index (χ4v) is 3.80. The Labute approximate surface area is 180 Å². The molecule has 1 unspecified atom stereocenters. The number of hydrogen-bond acceptors (Lipinski definition) is 5. The number of aryl methyl sites for hydroxylation is 1. The first-order valence-electron chi connectivity index (χ1n) is 9.91. The molecule has 2 aromatic carbocycles. The second-order valence-electron chi connectivity index (χ2n) is 7.46. The Morgan fingerprint density at radius 2 is 2.00 bits per heavy atom. The summed E-state index contributed by atoms with van der Waals surface area (Å²) in [6.45, 7) is 7.44. The normalized spacial score (nSPS) is 16.3. The number of nitro benzene ring substituents is 1. The zero-order chi connectivity index (χ0) is 22.5. The van der Waals surface area contributed by atoms with Gasteiger partial charge in [0.05, 0.1) is 17.0 Å². The third kappa shape index (κ3) is 4.88. The van der Waals surface area contributed by atoms with Crippen molar-refractivity contribution in [2.75, 3.05) is 6.61 Å². The van der Waals surface area contributed by atoms with Gasteiger partial charge in [0.15, 0.2) is 0 Å². The number of amides is 1. The summed E-state index contributed by atoms with van der Waals surface area (Å²) in [6, 6.07) is 13.8. The Bertz CT molecular complexity index is 1070. The van der Waals surface area contributed by atoms with E-state index in [0.717, 1.165) is 11.1 Å². The smallest absolute Gasteiger partial charge is 0.336 e. The lowest BCUT2D eigenvalue weighted by molar-refractivity contribution is -0.384. The largest absolute Gasteiger partial charge is 0.458 e. The fraction of sp³-hybridized carbons (Fsp3) is 0.250. The summed E-state index contributed by atoms with van der Waals surface area (Å²) < 4.78 is 5.33. The number of carbonyl (C=O) groups is 2. The van der Waals surface area contributed by atoms with Crippen LogP contribution in [-0.2, 0) is 20.9 Å². The third-order valence-electron chi connectivity index (χ3n) is 5.28. The van der Waals surface area contributed by atoms with Crippen molar-refractivity contribution < 1.29 is 19.2 Å². The monoisotopic (exact) mass is 420 g/mol. The van der Waals surface area contributed by atoms with Crippen molar-refractivity contribution in [1.29, 1.82) is 0 Å². The van der Waals surface area contributed by atoms with Crippen LogP contribution in [0.2, 0.25) is 0 Å². The Kier molecular flexibility index (Phi) is 6.65. The summed E-state index contributed by atoms with van der Waals surface area (Å²) in [5, 5.41) is 11.1. The van der Waals surface area contributed by atoms with Crippen LogP contribution < -0.4 is 0 Å². The molecule has 7 nitrogen and oxygen atoms in total. The molecule has 7 heteroatoms. The summed E-state index contributed by atoms with van der Waals surface area (Å²) >= 11 is 0. The van der Waals surface area contributed by atoms with Crippen LogP contribution in [0.4, 0.5) is 5.69 Å². The molecule has 3 rings (SSSR count). The third-order valence-corrected chi connectivity index (χ3v) is 5.28. The Morgan fingerprint density at radius 1 is 1.26 bits per heavy atom. The lowest BCUT2D eigenvalue weighted by Crippen LogP contribution is -2.38. The van der Waals surface area contributed by atoms with Crippen LogP contribution in [0.1, 0.15) is 36.0 Å². The number of hydrogen-bond donors (Lipinski definition) is 0. The second kappa shape index (κ2) is 9.38. The van der Waals surface area contributed by atoms with Crippen LogP contribution in [0.5, 0.6) is 0 Å². The van der Waals surface area contributed by atoms with Crippen molar-refractivity contribution in [3.05, 3.63) is 99.3 Å².